The zero-order valence-corrected chi connectivity index (χ0v) is 9.96. The average molecular weight is 350 g/mol. The molecule has 0 aliphatic heterocycles. The Labute approximate surface area is 97.5 Å². The van der Waals surface area contributed by atoms with E-state index in [1.54, 1.807) is 0 Å². The van der Waals surface area contributed by atoms with Crippen molar-refractivity contribution >= 4 is 32.6 Å². The van der Waals surface area contributed by atoms with Gasteiger partial charge in [0.1, 0.15) is 8.60 Å². The maximum absolute atomic E-state index is 12.4. The summed E-state index contributed by atoms with van der Waals surface area (Å²) in [6.45, 7) is 0. The highest BCUT2D eigenvalue weighted by atomic mass is 127. The first-order chi connectivity index (χ1) is 6.75. The summed E-state index contributed by atoms with van der Waals surface area (Å²) in [5.41, 5.74) is -0.907. The van der Waals surface area contributed by atoms with Gasteiger partial charge in [0, 0.05) is 6.20 Å². The van der Waals surface area contributed by atoms with E-state index in [-0.39, 0.29) is 3.70 Å². The summed E-state index contributed by atoms with van der Waals surface area (Å²) in [7, 11) is -4.41. The number of rotatable bonds is 2. The minimum absolute atomic E-state index is 0.110. The van der Waals surface area contributed by atoms with Gasteiger partial charge >= 0.3 is 0 Å². The highest BCUT2D eigenvalue weighted by Crippen LogP contribution is 2.33. The number of hydrogen-bond donors (Lipinski definition) is 2. The van der Waals surface area contributed by atoms with Crippen molar-refractivity contribution in [2.75, 3.05) is 0 Å². The number of pyridine rings is 1. The van der Waals surface area contributed by atoms with Crippen molar-refractivity contribution in [1.82, 2.24) is 4.98 Å². The summed E-state index contributed by atoms with van der Waals surface area (Å²) in [6.07, 6.45) is -2.40. The van der Waals surface area contributed by atoms with E-state index in [0.29, 0.717) is 6.20 Å². The van der Waals surface area contributed by atoms with Crippen LogP contribution in [0, 0.1) is 3.70 Å². The molecule has 1 heterocycles. The number of aromatic nitrogens is 1. The largest absolute Gasteiger partial charge is 0.504 e. The van der Waals surface area contributed by atoms with Crippen molar-refractivity contribution in [3.05, 3.63) is 15.5 Å². The molecule has 1 rings (SSSR count). The van der Waals surface area contributed by atoms with Crippen molar-refractivity contribution in [3.63, 3.8) is 0 Å². The lowest BCUT2D eigenvalue weighted by Crippen LogP contribution is -2.16. The van der Waals surface area contributed by atoms with Gasteiger partial charge in [-0.1, -0.05) is 0 Å². The molecular weight excluding hydrogens is 345 g/mol. The third-order valence-electron chi connectivity index (χ3n) is 1.51. The van der Waals surface area contributed by atoms with Gasteiger partial charge in [0.25, 0.3) is 6.43 Å². The van der Waals surface area contributed by atoms with Gasteiger partial charge in [-0.15, -0.1) is 0 Å². The van der Waals surface area contributed by atoms with E-state index in [4.69, 9.17) is 5.14 Å². The van der Waals surface area contributed by atoms with Crippen LogP contribution in [-0.4, -0.2) is 18.5 Å². The second-order valence-electron chi connectivity index (χ2n) is 2.53. The normalized spacial score (nSPS) is 12.1. The molecule has 84 valence electrons. The molecule has 0 radical (unpaired) electrons. The molecule has 0 saturated heterocycles. The number of aromatic hydroxyl groups is 1. The van der Waals surface area contributed by atoms with E-state index < -0.39 is 32.7 Å². The van der Waals surface area contributed by atoms with E-state index >= 15 is 0 Å². The number of alkyl halides is 2. The summed E-state index contributed by atoms with van der Waals surface area (Å²) in [5.74, 6) is -0.851. The fraction of sp³-hybridized carbons (Fsp3) is 0.167. The third-order valence-corrected chi connectivity index (χ3v) is 3.30. The maximum atomic E-state index is 12.4. The molecule has 0 aliphatic rings. The minimum atomic E-state index is -4.41. The molecule has 1 aromatic rings. The van der Waals surface area contributed by atoms with Crippen LogP contribution < -0.4 is 5.14 Å². The Balaban J connectivity index is 3.65. The van der Waals surface area contributed by atoms with Crippen molar-refractivity contribution < 1.29 is 22.3 Å². The Morgan fingerprint density at radius 1 is 1.53 bits per heavy atom. The zero-order valence-electron chi connectivity index (χ0n) is 6.99. The first-order valence-electron chi connectivity index (χ1n) is 3.43. The number of nitrogens with zero attached hydrogens (tertiary/aromatic N) is 1. The van der Waals surface area contributed by atoms with Gasteiger partial charge in [-0.25, -0.2) is 27.3 Å². The Morgan fingerprint density at radius 2 is 2.07 bits per heavy atom. The van der Waals surface area contributed by atoms with Crippen molar-refractivity contribution in [2.45, 2.75) is 11.3 Å². The van der Waals surface area contributed by atoms with Crippen molar-refractivity contribution in [1.29, 1.82) is 0 Å². The van der Waals surface area contributed by atoms with Crippen molar-refractivity contribution in [3.8, 4) is 5.75 Å². The van der Waals surface area contributed by atoms with Crippen molar-refractivity contribution in [2.24, 2.45) is 5.14 Å². The van der Waals surface area contributed by atoms with Gasteiger partial charge in [0.2, 0.25) is 10.0 Å². The Morgan fingerprint density at radius 3 is 2.47 bits per heavy atom. The van der Waals surface area contributed by atoms with E-state index in [1.807, 2.05) is 0 Å². The molecule has 0 aromatic carbocycles. The molecule has 5 nitrogen and oxygen atoms in total. The van der Waals surface area contributed by atoms with E-state index in [0.717, 1.165) is 0 Å². The fourth-order valence-electron chi connectivity index (χ4n) is 0.931. The number of sulfonamides is 1. The highest BCUT2D eigenvalue weighted by molar-refractivity contribution is 14.1. The Hall–Kier alpha value is -0.550. The first-order valence-corrected chi connectivity index (χ1v) is 6.06. The Kier molecular flexibility index (Phi) is 3.45. The van der Waals surface area contributed by atoms with Crippen LogP contribution in [0.2, 0.25) is 0 Å². The number of nitrogens with two attached hydrogens (primary N) is 1. The van der Waals surface area contributed by atoms with Gasteiger partial charge in [-0.05, 0) is 22.6 Å². The molecule has 15 heavy (non-hydrogen) atoms. The standard InChI is InChI=1S/C6H5F2IN2O3S/c7-5(8)2-1-11-6(9)3(12)4(2)15(10,13)14/h1,5,12H,(H2,10,13,14). The molecule has 3 N–H and O–H groups in total. The predicted octanol–water partition coefficient (Wildman–Crippen LogP) is 0.977. The quantitative estimate of drug-likeness (QED) is 0.614. The maximum Gasteiger partial charge on any atom is 0.266 e. The molecule has 1 aromatic heterocycles. The highest BCUT2D eigenvalue weighted by Gasteiger charge is 2.26. The lowest BCUT2D eigenvalue weighted by Gasteiger charge is -2.08. The second-order valence-corrected chi connectivity index (χ2v) is 5.05. The van der Waals surface area contributed by atoms with Crippen LogP contribution in [0.25, 0.3) is 0 Å². The molecule has 0 spiro atoms. The van der Waals surface area contributed by atoms with Crippen LogP contribution in [0.5, 0.6) is 5.75 Å². The lowest BCUT2D eigenvalue weighted by atomic mass is 10.3. The summed E-state index contributed by atoms with van der Waals surface area (Å²) in [6, 6.07) is 0. The van der Waals surface area contributed by atoms with Crippen LogP contribution >= 0.6 is 22.6 Å². The van der Waals surface area contributed by atoms with Crippen LogP contribution in [0.15, 0.2) is 11.1 Å². The zero-order chi connectivity index (χ0) is 11.8. The first kappa shape index (κ1) is 12.5. The van der Waals surface area contributed by atoms with Gasteiger partial charge in [0.05, 0.1) is 5.56 Å². The molecular formula is C6H5F2IN2O3S. The summed E-state index contributed by atoms with van der Waals surface area (Å²) < 4.78 is 46.7. The number of hydrogen-bond acceptors (Lipinski definition) is 4. The Bertz CT molecular complexity index is 491. The summed E-state index contributed by atoms with van der Waals surface area (Å²) in [5, 5.41) is 14.0. The SMILES string of the molecule is NS(=O)(=O)c1c(C(F)F)cnc(I)c1O. The van der Waals surface area contributed by atoms with Gasteiger partial charge in [0.15, 0.2) is 5.75 Å². The van der Waals surface area contributed by atoms with E-state index in [2.05, 4.69) is 4.98 Å². The molecule has 0 aliphatic carbocycles. The van der Waals surface area contributed by atoms with Crippen LogP contribution in [0.1, 0.15) is 12.0 Å². The minimum Gasteiger partial charge on any atom is -0.504 e. The van der Waals surface area contributed by atoms with Crippen LogP contribution in [-0.2, 0) is 10.0 Å². The molecule has 0 unspecified atom stereocenters. The summed E-state index contributed by atoms with van der Waals surface area (Å²) >= 11 is 1.50. The molecule has 9 heteroatoms. The predicted molar refractivity (Wildman–Crippen MR) is 54.9 cm³/mol. The number of primary sulfonamides is 1. The topological polar surface area (TPSA) is 93.3 Å². The smallest absolute Gasteiger partial charge is 0.266 e. The van der Waals surface area contributed by atoms with Crippen LogP contribution in [0.3, 0.4) is 0 Å². The molecule has 0 atom stereocenters. The van der Waals surface area contributed by atoms with Gasteiger partial charge < -0.3 is 5.11 Å². The molecule has 0 fully saturated rings. The van der Waals surface area contributed by atoms with Crippen LogP contribution in [0.4, 0.5) is 8.78 Å². The van der Waals surface area contributed by atoms with E-state index in [1.165, 1.54) is 22.6 Å². The fourth-order valence-corrected chi connectivity index (χ4v) is 2.36. The lowest BCUT2D eigenvalue weighted by molar-refractivity contribution is 0.146. The molecule has 0 amide bonds. The average Bonchev–Trinajstić information content (AvgIpc) is 2.06. The van der Waals surface area contributed by atoms with Gasteiger partial charge in [-0.3, -0.25) is 0 Å². The van der Waals surface area contributed by atoms with Gasteiger partial charge in [-0.2, -0.15) is 0 Å². The monoisotopic (exact) mass is 350 g/mol. The molecule has 0 bridgehead atoms. The van der Waals surface area contributed by atoms with E-state index in [9.17, 15) is 22.3 Å². The second kappa shape index (κ2) is 4.14. The number of halogens is 3. The third kappa shape index (κ3) is 2.52. The molecule has 0 saturated carbocycles. The summed E-state index contributed by atoms with van der Waals surface area (Å²) in [4.78, 5) is 2.44.